The topological polar surface area (TPSA) is 72.4 Å². The van der Waals surface area contributed by atoms with E-state index in [1.807, 2.05) is 35.2 Å². The maximum atomic E-state index is 14.0. The molecule has 0 amide bonds. The number of nitro benzene ring substituents is 1. The summed E-state index contributed by atoms with van der Waals surface area (Å²) in [5.74, 6) is -0.391. The highest BCUT2D eigenvalue weighted by atomic mass is 35.5. The highest BCUT2D eigenvalue weighted by molar-refractivity contribution is 5.85. The first-order chi connectivity index (χ1) is 11.1. The molecule has 1 heterocycles. The van der Waals surface area contributed by atoms with E-state index in [9.17, 15) is 14.5 Å². The average Bonchev–Trinajstić information content (AvgIpc) is 2.90. The van der Waals surface area contributed by atoms with E-state index in [1.54, 1.807) is 0 Å². The molecule has 24 heavy (non-hydrogen) atoms. The molecular weight excluding hydrogens is 333 g/mol. The van der Waals surface area contributed by atoms with Gasteiger partial charge in [-0.1, -0.05) is 36.4 Å². The van der Waals surface area contributed by atoms with Crippen molar-refractivity contribution in [1.29, 1.82) is 0 Å². The van der Waals surface area contributed by atoms with Crippen LogP contribution in [0.2, 0.25) is 0 Å². The van der Waals surface area contributed by atoms with Gasteiger partial charge in [-0.3, -0.25) is 15.0 Å². The molecule has 2 atom stereocenters. The van der Waals surface area contributed by atoms with Crippen LogP contribution in [-0.4, -0.2) is 29.0 Å². The lowest BCUT2D eigenvalue weighted by Gasteiger charge is -2.16. The van der Waals surface area contributed by atoms with Gasteiger partial charge in [0.15, 0.2) is 0 Å². The number of hydrogen-bond donors (Lipinski definition) is 1. The van der Waals surface area contributed by atoms with Crippen LogP contribution in [0.1, 0.15) is 17.0 Å². The largest absolute Gasteiger partial charge is 0.326 e. The standard InChI is InChI=1S/C17H18FN3O2.ClH/c18-15-7-4-8-17(21(22)23)14(15)10-20-9-13(16(19)11-20)12-5-2-1-3-6-12;/h1-8,13,16H,9-11,19H2;1H/t13-,16+;/m0./s1. The summed E-state index contributed by atoms with van der Waals surface area (Å²) >= 11 is 0. The van der Waals surface area contributed by atoms with Crippen LogP contribution in [0.5, 0.6) is 0 Å². The lowest BCUT2D eigenvalue weighted by Crippen LogP contribution is -2.28. The number of nitrogens with two attached hydrogens (primary N) is 1. The van der Waals surface area contributed by atoms with Crippen molar-refractivity contribution in [3.05, 3.63) is 75.6 Å². The minimum absolute atomic E-state index is 0. The van der Waals surface area contributed by atoms with E-state index in [2.05, 4.69) is 0 Å². The predicted octanol–water partition coefficient (Wildman–Crippen LogP) is 3.08. The lowest BCUT2D eigenvalue weighted by molar-refractivity contribution is -0.385. The predicted molar refractivity (Wildman–Crippen MR) is 92.7 cm³/mol. The van der Waals surface area contributed by atoms with Gasteiger partial charge >= 0.3 is 0 Å². The first kappa shape index (κ1) is 18.3. The monoisotopic (exact) mass is 351 g/mol. The number of nitro groups is 1. The van der Waals surface area contributed by atoms with E-state index < -0.39 is 10.7 Å². The van der Waals surface area contributed by atoms with Gasteiger partial charge in [0.05, 0.1) is 10.5 Å². The molecule has 3 rings (SSSR count). The van der Waals surface area contributed by atoms with Gasteiger partial charge in [-0.05, 0) is 11.6 Å². The van der Waals surface area contributed by atoms with Gasteiger partial charge in [-0.25, -0.2) is 4.39 Å². The Morgan fingerprint density at radius 3 is 2.54 bits per heavy atom. The van der Waals surface area contributed by atoms with Crippen LogP contribution in [0.15, 0.2) is 48.5 Å². The van der Waals surface area contributed by atoms with Crippen molar-refractivity contribution >= 4 is 18.1 Å². The van der Waals surface area contributed by atoms with Crippen LogP contribution in [0.25, 0.3) is 0 Å². The zero-order chi connectivity index (χ0) is 16.4. The van der Waals surface area contributed by atoms with E-state index in [-0.39, 0.29) is 42.2 Å². The van der Waals surface area contributed by atoms with E-state index in [4.69, 9.17) is 5.73 Å². The maximum Gasteiger partial charge on any atom is 0.276 e. The summed E-state index contributed by atoms with van der Waals surface area (Å²) in [6.45, 7) is 1.45. The molecule has 0 bridgehead atoms. The highest BCUT2D eigenvalue weighted by Crippen LogP contribution is 2.30. The average molecular weight is 352 g/mol. The van der Waals surface area contributed by atoms with Crippen molar-refractivity contribution in [3.8, 4) is 0 Å². The second-order valence-electron chi connectivity index (χ2n) is 5.87. The zero-order valence-electron chi connectivity index (χ0n) is 13.0. The van der Waals surface area contributed by atoms with Gasteiger partial charge in [-0.15, -0.1) is 12.4 Å². The third kappa shape index (κ3) is 3.72. The Morgan fingerprint density at radius 2 is 1.88 bits per heavy atom. The quantitative estimate of drug-likeness (QED) is 0.678. The van der Waals surface area contributed by atoms with Crippen molar-refractivity contribution in [2.24, 2.45) is 5.73 Å². The second-order valence-corrected chi connectivity index (χ2v) is 5.87. The van der Waals surface area contributed by atoms with Crippen LogP contribution in [-0.2, 0) is 6.54 Å². The Balaban J connectivity index is 0.00000208. The minimum atomic E-state index is -0.545. The van der Waals surface area contributed by atoms with Gasteiger partial charge in [0.1, 0.15) is 5.82 Å². The van der Waals surface area contributed by atoms with Crippen LogP contribution < -0.4 is 5.73 Å². The Labute approximate surface area is 145 Å². The summed E-state index contributed by atoms with van der Waals surface area (Å²) in [4.78, 5) is 12.5. The molecule has 7 heteroatoms. The van der Waals surface area contributed by atoms with Crippen molar-refractivity contribution < 1.29 is 9.31 Å². The lowest BCUT2D eigenvalue weighted by atomic mass is 9.95. The summed E-state index contributed by atoms with van der Waals surface area (Å²) in [6, 6.07) is 13.8. The molecule has 0 saturated carbocycles. The normalized spacial score (nSPS) is 20.6. The molecule has 2 N–H and O–H groups in total. The first-order valence-electron chi connectivity index (χ1n) is 7.51. The van der Waals surface area contributed by atoms with Gasteiger partial charge in [0, 0.05) is 37.7 Å². The van der Waals surface area contributed by atoms with E-state index in [0.29, 0.717) is 13.1 Å². The number of rotatable bonds is 4. The van der Waals surface area contributed by atoms with Crippen molar-refractivity contribution in [1.82, 2.24) is 4.90 Å². The van der Waals surface area contributed by atoms with E-state index in [1.165, 1.54) is 18.2 Å². The van der Waals surface area contributed by atoms with Gasteiger partial charge in [0.25, 0.3) is 5.69 Å². The molecule has 1 aliphatic heterocycles. The summed E-state index contributed by atoms with van der Waals surface area (Å²) in [6.07, 6.45) is 0. The summed E-state index contributed by atoms with van der Waals surface area (Å²) in [5.41, 5.74) is 7.31. The fourth-order valence-electron chi connectivity index (χ4n) is 3.19. The van der Waals surface area contributed by atoms with Crippen molar-refractivity contribution in [3.63, 3.8) is 0 Å². The summed E-state index contributed by atoms with van der Waals surface area (Å²) in [7, 11) is 0. The minimum Gasteiger partial charge on any atom is -0.326 e. The number of benzene rings is 2. The van der Waals surface area contributed by atoms with Crippen LogP contribution in [0, 0.1) is 15.9 Å². The maximum absolute atomic E-state index is 14.0. The third-order valence-electron chi connectivity index (χ3n) is 4.34. The Morgan fingerprint density at radius 1 is 1.17 bits per heavy atom. The highest BCUT2D eigenvalue weighted by Gasteiger charge is 2.32. The van der Waals surface area contributed by atoms with E-state index >= 15 is 0 Å². The van der Waals surface area contributed by atoms with Crippen molar-refractivity contribution in [2.45, 2.75) is 18.5 Å². The zero-order valence-corrected chi connectivity index (χ0v) is 13.8. The van der Waals surface area contributed by atoms with Crippen LogP contribution >= 0.6 is 12.4 Å². The fraction of sp³-hybridized carbons (Fsp3) is 0.294. The third-order valence-corrected chi connectivity index (χ3v) is 4.34. The number of likely N-dealkylation sites (tertiary alicyclic amines) is 1. The molecule has 0 unspecified atom stereocenters. The number of nitrogens with zero attached hydrogens (tertiary/aromatic N) is 2. The molecular formula is C17H19ClFN3O2. The molecule has 0 aromatic heterocycles. The molecule has 1 saturated heterocycles. The molecule has 1 aliphatic rings. The molecule has 0 radical (unpaired) electrons. The fourth-order valence-corrected chi connectivity index (χ4v) is 3.19. The second kappa shape index (κ2) is 7.70. The Hall–Kier alpha value is -2.02. The molecule has 2 aromatic rings. The Kier molecular flexibility index (Phi) is 5.88. The number of halogens is 2. The smallest absolute Gasteiger partial charge is 0.276 e. The molecule has 0 spiro atoms. The Bertz CT molecular complexity index is 714. The molecule has 1 fully saturated rings. The van der Waals surface area contributed by atoms with Crippen LogP contribution in [0.4, 0.5) is 10.1 Å². The van der Waals surface area contributed by atoms with E-state index in [0.717, 1.165) is 5.56 Å². The van der Waals surface area contributed by atoms with Gasteiger partial charge < -0.3 is 5.73 Å². The summed E-state index contributed by atoms with van der Waals surface area (Å²) < 4.78 is 14.0. The van der Waals surface area contributed by atoms with Crippen LogP contribution in [0.3, 0.4) is 0 Å². The van der Waals surface area contributed by atoms with Gasteiger partial charge in [-0.2, -0.15) is 0 Å². The molecule has 5 nitrogen and oxygen atoms in total. The molecule has 0 aliphatic carbocycles. The van der Waals surface area contributed by atoms with Gasteiger partial charge in [0.2, 0.25) is 0 Å². The number of hydrogen-bond acceptors (Lipinski definition) is 4. The first-order valence-corrected chi connectivity index (χ1v) is 7.51. The summed E-state index contributed by atoms with van der Waals surface area (Å²) in [5, 5.41) is 11.1. The van der Waals surface area contributed by atoms with Crippen molar-refractivity contribution in [2.75, 3.05) is 13.1 Å². The SMILES string of the molecule is Cl.N[C@@H]1CN(Cc2c(F)cccc2[N+](=O)[O-])C[C@H]1c1ccccc1. The molecule has 2 aromatic carbocycles. The molecule has 128 valence electrons.